The Labute approximate surface area is 145 Å². The lowest BCUT2D eigenvalue weighted by Gasteiger charge is -2.19. The van der Waals surface area contributed by atoms with Crippen LogP contribution in [0, 0.1) is 13.8 Å². The number of amides is 1. The second-order valence-electron chi connectivity index (χ2n) is 5.99. The van der Waals surface area contributed by atoms with Gasteiger partial charge in [0.05, 0.1) is 12.0 Å². The van der Waals surface area contributed by atoms with Gasteiger partial charge in [-0.05, 0) is 48.7 Å². The molecule has 0 saturated carbocycles. The Morgan fingerprint density at radius 3 is 2.48 bits per heavy atom. The molecule has 1 heterocycles. The van der Waals surface area contributed by atoms with E-state index < -0.39 is 5.97 Å². The van der Waals surface area contributed by atoms with Crippen LogP contribution in [0.2, 0.25) is 0 Å². The van der Waals surface area contributed by atoms with E-state index in [1.165, 1.54) is 6.07 Å². The number of aromatic carboxylic acids is 1. The molecule has 0 radical (unpaired) electrons. The molecule has 1 aliphatic heterocycles. The molecule has 130 valence electrons. The molecule has 0 unspecified atom stereocenters. The van der Waals surface area contributed by atoms with E-state index in [2.05, 4.69) is 5.32 Å². The quantitative estimate of drug-likeness (QED) is 0.893. The molecule has 6 heteroatoms. The summed E-state index contributed by atoms with van der Waals surface area (Å²) in [7, 11) is 0. The minimum Gasteiger partial charge on any atom is -0.486 e. The molecule has 2 aromatic rings. The maximum absolute atomic E-state index is 12.3. The van der Waals surface area contributed by atoms with Crippen molar-refractivity contribution in [3.63, 3.8) is 0 Å². The molecule has 0 spiro atoms. The van der Waals surface area contributed by atoms with Gasteiger partial charge in [0.25, 0.3) is 0 Å². The monoisotopic (exact) mass is 341 g/mol. The highest BCUT2D eigenvalue weighted by Gasteiger charge is 2.15. The molecular formula is C19H19NO5. The zero-order valence-corrected chi connectivity index (χ0v) is 14.1. The van der Waals surface area contributed by atoms with Crippen molar-refractivity contribution in [1.82, 2.24) is 0 Å². The molecule has 0 atom stereocenters. The van der Waals surface area contributed by atoms with Crippen molar-refractivity contribution in [3.05, 3.63) is 52.6 Å². The molecule has 0 aromatic heterocycles. The Balaban J connectivity index is 1.75. The van der Waals surface area contributed by atoms with Gasteiger partial charge in [-0.1, -0.05) is 12.1 Å². The van der Waals surface area contributed by atoms with Gasteiger partial charge in [0.2, 0.25) is 5.91 Å². The number of hydrogen-bond donors (Lipinski definition) is 2. The Hall–Kier alpha value is -3.02. The van der Waals surface area contributed by atoms with Crippen molar-refractivity contribution in [2.24, 2.45) is 0 Å². The lowest BCUT2D eigenvalue weighted by molar-refractivity contribution is -0.115. The highest BCUT2D eigenvalue weighted by Crippen LogP contribution is 2.31. The van der Waals surface area contributed by atoms with E-state index in [0.29, 0.717) is 36.0 Å². The Morgan fingerprint density at radius 1 is 1.04 bits per heavy atom. The first kappa shape index (κ1) is 16.8. The summed E-state index contributed by atoms with van der Waals surface area (Å²) in [6.07, 6.45) is 0.159. The van der Waals surface area contributed by atoms with Crippen molar-refractivity contribution >= 4 is 17.6 Å². The number of carbonyl (C=O) groups is 2. The first-order valence-corrected chi connectivity index (χ1v) is 7.97. The van der Waals surface area contributed by atoms with Crippen molar-refractivity contribution in [3.8, 4) is 11.5 Å². The molecule has 1 amide bonds. The third-order valence-electron chi connectivity index (χ3n) is 4.05. The molecule has 0 saturated heterocycles. The Bertz CT molecular complexity index is 844. The van der Waals surface area contributed by atoms with Crippen LogP contribution >= 0.6 is 0 Å². The molecule has 0 bridgehead atoms. The van der Waals surface area contributed by atoms with Crippen LogP contribution in [-0.4, -0.2) is 30.2 Å². The van der Waals surface area contributed by atoms with Gasteiger partial charge in [0.15, 0.2) is 11.5 Å². The van der Waals surface area contributed by atoms with Crippen LogP contribution in [0.15, 0.2) is 30.3 Å². The number of ether oxygens (including phenoxy) is 2. The van der Waals surface area contributed by atoms with Crippen LogP contribution in [-0.2, 0) is 11.2 Å². The summed E-state index contributed by atoms with van der Waals surface area (Å²) in [6.45, 7) is 4.57. The topological polar surface area (TPSA) is 84.9 Å². The number of fused-ring (bicyclic) bond motifs is 1. The van der Waals surface area contributed by atoms with Crippen LogP contribution in [0.5, 0.6) is 11.5 Å². The predicted molar refractivity (Wildman–Crippen MR) is 92.6 cm³/mol. The summed E-state index contributed by atoms with van der Waals surface area (Å²) < 4.78 is 11.0. The van der Waals surface area contributed by atoms with E-state index in [4.69, 9.17) is 9.47 Å². The molecule has 2 N–H and O–H groups in total. The zero-order valence-electron chi connectivity index (χ0n) is 14.1. The van der Waals surface area contributed by atoms with Gasteiger partial charge < -0.3 is 19.9 Å². The average Bonchev–Trinajstić information content (AvgIpc) is 2.57. The third kappa shape index (κ3) is 3.74. The molecular weight excluding hydrogens is 322 g/mol. The summed E-state index contributed by atoms with van der Waals surface area (Å²) in [6, 6.07) is 8.64. The second-order valence-corrected chi connectivity index (χ2v) is 5.99. The smallest absolute Gasteiger partial charge is 0.336 e. The fourth-order valence-electron chi connectivity index (χ4n) is 2.79. The minimum absolute atomic E-state index is 0.159. The highest BCUT2D eigenvalue weighted by atomic mass is 16.6. The van der Waals surface area contributed by atoms with Gasteiger partial charge in [-0.2, -0.15) is 0 Å². The number of carbonyl (C=O) groups excluding carboxylic acids is 1. The van der Waals surface area contributed by atoms with Crippen molar-refractivity contribution in [1.29, 1.82) is 0 Å². The number of anilines is 1. The van der Waals surface area contributed by atoms with Gasteiger partial charge in [-0.25, -0.2) is 4.79 Å². The third-order valence-corrected chi connectivity index (χ3v) is 4.05. The van der Waals surface area contributed by atoms with Crippen LogP contribution in [0.4, 0.5) is 5.69 Å². The standard InChI is InChI=1S/C19H19NO5/c1-11-7-12(2)15(10-14(11)19(22)23)20-18(21)9-13-3-4-16-17(8-13)25-6-5-24-16/h3-4,7-8,10H,5-6,9H2,1-2H3,(H,20,21)(H,22,23). The van der Waals surface area contributed by atoms with E-state index >= 15 is 0 Å². The zero-order chi connectivity index (χ0) is 18.0. The van der Waals surface area contributed by atoms with Crippen LogP contribution in [0.3, 0.4) is 0 Å². The number of carboxylic acids is 1. The number of nitrogens with one attached hydrogen (secondary N) is 1. The maximum Gasteiger partial charge on any atom is 0.336 e. The van der Waals surface area contributed by atoms with Crippen molar-refractivity contribution in [2.75, 3.05) is 18.5 Å². The largest absolute Gasteiger partial charge is 0.486 e. The van der Waals surface area contributed by atoms with Gasteiger partial charge in [0.1, 0.15) is 13.2 Å². The lowest BCUT2D eigenvalue weighted by atomic mass is 10.0. The summed E-state index contributed by atoms with van der Waals surface area (Å²) in [5.74, 6) is 0.0759. The van der Waals surface area contributed by atoms with E-state index in [1.54, 1.807) is 25.1 Å². The van der Waals surface area contributed by atoms with E-state index in [0.717, 1.165) is 11.1 Å². The fourth-order valence-corrected chi connectivity index (χ4v) is 2.79. The van der Waals surface area contributed by atoms with Crippen molar-refractivity contribution in [2.45, 2.75) is 20.3 Å². The number of benzene rings is 2. The molecule has 1 aliphatic rings. The van der Waals surface area contributed by atoms with Gasteiger partial charge >= 0.3 is 5.97 Å². The summed E-state index contributed by atoms with van der Waals surface area (Å²) in [5.41, 5.74) is 2.96. The number of hydrogen-bond acceptors (Lipinski definition) is 4. The molecule has 0 aliphatic carbocycles. The first-order chi connectivity index (χ1) is 11.9. The maximum atomic E-state index is 12.3. The average molecular weight is 341 g/mol. The van der Waals surface area contributed by atoms with E-state index in [1.807, 2.05) is 13.0 Å². The van der Waals surface area contributed by atoms with Crippen LogP contribution in [0.1, 0.15) is 27.0 Å². The second kappa shape index (κ2) is 6.84. The van der Waals surface area contributed by atoms with Gasteiger partial charge in [-0.15, -0.1) is 0 Å². The molecule has 2 aromatic carbocycles. The van der Waals surface area contributed by atoms with Crippen LogP contribution in [0.25, 0.3) is 0 Å². The van der Waals surface area contributed by atoms with E-state index in [9.17, 15) is 14.7 Å². The summed E-state index contributed by atoms with van der Waals surface area (Å²) >= 11 is 0. The van der Waals surface area contributed by atoms with Crippen LogP contribution < -0.4 is 14.8 Å². The summed E-state index contributed by atoms with van der Waals surface area (Å²) in [4.78, 5) is 23.6. The number of carboxylic acid groups (broad SMARTS) is 1. The van der Waals surface area contributed by atoms with Gasteiger partial charge in [0, 0.05) is 5.69 Å². The molecule has 3 rings (SSSR count). The lowest BCUT2D eigenvalue weighted by Crippen LogP contribution is -2.17. The molecule has 25 heavy (non-hydrogen) atoms. The Kier molecular flexibility index (Phi) is 4.61. The predicted octanol–water partition coefficient (Wildman–Crippen LogP) is 2.95. The van der Waals surface area contributed by atoms with Gasteiger partial charge in [-0.3, -0.25) is 4.79 Å². The Morgan fingerprint density at radius 2 is 1.76 bits per heavy atom. The molecule has 6 nitrogen and oxygen atoms in total. The SMILES string of the molecule is Cc1cc(C)c(C(=O)O)cc1NC(=O)Cc1ccc2c(c1)OCCO2. The summed E-state index contributed by atoms with van der Waals surface area (Å²) in [5, 5.41) is 12.0. The highest BCUT2D eigenvalue weighted by molar-refractivity contribution is 5.96. The molecule has 0 fully saturated rings. The minimum atomic E-state index is -1.01. The first-order valence-electron chi connectivity index (χ1n) is 7.97. The fraction of sp³-hybridized carbons (Fsp3) is 0.263. The normalized spacial score (nSPS) is 12.6. The van der Waals surface area contributed by atoms with E-state index in [-0.39, 0.29) is 17.9 Å². The van der Waals surface area contributed by atoms with Crippen molar-refractivity contribution < 1.29 is 24.2 Å². The number of aryl methyl sites for hydroxylation is 2. The number of rotatable bonds is 4.